The van der Waals surface area contributed by atoms with E-state index in [2.05, 4.69) is 21.8 Å². The van der Waals surface area contributed by atoms with Gasteiger partial charge in [0.1, 0.15) is 5.52 Å². The molecule has 1 aliphatic heterocycles. The van der Waals surface area contributed by atoms with Crippen molar-refractivity contribution in [1.29, 1.82) is 0 Å². The molecule has 1 aromatic carbocycles. The summed E-state index contributed by atoms with van der Waals surface area (Å²) in [4.78, 5) is 9.17. The number of para-hydroxylation sites is 1. The smallest absolute Gasteiger partial charge is 0.209 e. The van der Waals surface area contributed by atoms with Crippen LogP contribution in [0, 0.1) is 0 Å². The summed E-state index contributed by atoms with van der Waals surface area (Å²) in [5.74, 6) is 0.757. The normalized spacial score (nSPS) is 18.5. The fourth-order valence-corrected chi connectivity index (χ4v) is 2.28. The number of hydrogen-bond acceptors (Lipinski definition) is 5. The molecule has 0 saturated carbocycles. The van der Waals surface area contributed by atoms with E-state index in [4.69, 9.17) is 10.2 Å². The van der Waals surface area contributed by atoms with E-state index in [1.807, 2.05) is 18.2 Å². The molecule has 1 aromatic heterocycles. The lowest BCUT2D eigenvalue weighted by Gasteiger charge is -2.31. The van der Waals surface area contributed by atoms with Gasteiger partial charge < -0.3 is 15.1 Å². The van der Waals surface area contributed by atoms with Crippen molar-refractivity contribution >= 4 is 16.8 Å². The Hall–Kier alpha value is -1.59. The van der Waals surface area contributed by atoms with E-state index in [0.29, 0.717) is 5.69 Å². The molecule has 1 fully saturated rings. The van der Waals surface area contributed by atoms with Crippen LogP contribution in [0.1, 0.15) is 5.89 Å². The van der Waals surface area contributed by atoms with Gasteiger partial charge in [-0.3, -0.25) is 4.90 Å². The molecule has 0 amide bonds. The van der Waals surface area contributed by atoms with E-state index in [-0.39, 0.29) is 0 Å². The van der Waals surface area contributed by atoms with Crippen LogP contribution < -0.4 is 5.73 Å². The Balaban J connectivity index is 1.77. The maximum Gasteiger partial charge on any atom is 0.209 e. The first-order valence-corrected chi connectivity index (χ1v) is 6.27. The van der Waals surface area contributed by atoms with E-state index in [0.717, 1.165) is 49.7 Å². The molecule has 3 rings (SSSR count). The Kier molecular flexibility index (Phi) is 2.93. The molecule has 18 heavy (non-hydrogen) atoms. The van der Waals surface area contributed by atoms with Crippen molar-refractivity contribution < 1.29 is 4.42 Å². The van der Waals surface area contributed by atoms with Gasteiger partial charge in [0.15, 0.2) is 5.58 Å². The van der Waals surface area contributed by atoms with Gasteiger partial charge in [0.25, 0.3) is 0 Å². The topological polar surface area (TPSA) is 58.5 Å². The fourth-order valence-electron chi connectivity index (χ4n) is 2.28. The molecular weight excluding hydrogens is 228 g/mol. The van der Waals surface area contributed by atoms with E-state index >= 15 is 0 Å². The summed E-state index contributed by atoms with van der Waals surface area (Å²) in [6.45, 7) is 5.09. The van der Waals surface area contributed by atoms with Gasteiger partial charge in [-0.1, -0.05) is 6.07 Å². The first-order chi connectivity index (χ1) is 8.72. The van der Waals surface area contributed by atoms with E-state index < -0.39 is 0 Å². The Morgan fingerprint density at radius 2 is 2.06 bits per heavy atom. The molecule has 0 spiro atoms. The molecule has 2 N–H and O–H groups in total. The molecule has 5 nitrogen and oxygen atoms in total. The summed E-state index contributed by atoms with van der Waals surface area (Å²) in [6, 6.07) is 5.65. The maximum atomic E-state index is 5.88. The Morgan fingerprint density at radius 3 is 2.78 bits per heavy atom. The van der Waals surface area contributed by atoms with Crippen LogP contribution in [0.25, 0.3) is 11.1 Å². The fraction of sp³-hybridized carbons (Fsp3) is 0.462. The average Bonchev–Trinajstić information content (AvgIpc) is 2.76. The minimum atomic E-state index is 0.681. The molecule has 2 heterocycles. The number of aromatic nitrogens is 1. The third kappa shape index (κ3) is 2.19. The average molecular weight is 246 g/mol. The second-order valence-corrected chi connectivity index (χ2v) is 4.88. The number of rotatable bonds is 2. The molecule has 5 heteroatoms. The molecular formula is C13H18N4O. The highest BCUT2D eigenvalue weighted by Crippen LogP contribution is 2.21. The lowest BCUT2D eigenvalue weighted by molar-refractivity contribution is 0.139. The number of likely N-dealkylation sites (N-methyl/N-ethyl adjacent to an activating group) is 1. The van der Waals surface area contributed by atoms with E-state index in [1.54, 1.807) is 0 Å². The number of nitrogens with zero attached hydrogens (tertiary/aromatic N) is 3. The lowest BCUT2D eigenvalue weighted by Crippen LogP contribution is -2.43. The van der Waals surface area contributed by atoms with Crippen molar-refractivity contribution in [3.63, 3.8) is 0 Å². The minimum absolute atomic E-state index is 0.681. The second kappa shape index (κ2) is 4.59. The highest BCUT2D eigenvalue weighted by Gasteiger charge is 2.16. The number of benzene rings is 1. The lowest BCUT2D eigenvalue weighted by atomic mass is 10.3. The summed E-state index contributed by atoms with van der Waals surface area (Å²) in [6.07, 6.45) is 0. The van der Waals surface area contributed by atoms with Crippen LogP contribution in [-0.2, 0) is 6.54 Å². The summed E-state index contributed by atoms with van der Waals surface area (Å²) in [7, 11) is 2.15. The predicted molar refractivity (Wildman–Crippen MR) is 71.2 cm³/mol. The van der Waals surface area contributed by atoms with Crippen LogP contribution in [-0.4, -0.2) is 48.0 Å². The SMILES string of the molecule is CN1CCN(Cc2nc3c(N)cccc3o2)CC1. The summed E-state index contributed by atoms with van der Waals surface area (Å²) >= 11 is 0. The van der Waals surface area contributed by atoms with Gasteiger partial charge in [0.05, 0.1) is 12.2 Å². The molecule has 0 atom stereocenters. The summed E-state index contributed by atoms with van der Waals surface area (Å²) in [5, 5.41) is 0. The third-order valence-electron chi connectivity index (χ3n) is 3.45. The number of nitrogens with two attached hydrogens (primary N) is 1. The molecule has 1 aliphatic rings. The molecule has 96 valence electrons. The van der Waals surface area contributed by atoms with Crippen molar-refractivity contribution in [3.05, 3.63) is 24.1 Å². The van der Waals surface area contributed by atoms with Crippen LogP contribution in [0.2, 0.25) is 0 Å². The van der Waals surface area contributed by atoms with E-state index in [1.165, 1.54) is 0 Å². The van der Waals surface area contributed by atoms with E-state index in [9.17, 15) is 0 Å². The zero-order valence-corrected chi connectivity index (χ0v) is 10.6. The molecule has 0 bridgehead atoms. The number of fused-ring (bicyclic) bond motifs is 1. The number of anilines is 1. The summed E-state index contributed by atoms with van der Waals surface area (Å²) < 4.78 is 5.73. The molecule has 1 saturated heterocycles. The monoisotopic (exact) mass is 246 g/mol. The van der Waals surface area contributed by atoms with Gasteiger partial charge in [-0.25, -0.2) is 4.98 Å². The van der Waals surface area contributed by atoms with Crippen molar-refractivity contribution in [3.8, 4) is 0 Å². The highest BCUT2D eigenvalue weighted by atomic mass is 16.3. The Morgan fingerprint density at radius 1 is 1.28 bits per heavy atom. The number of piperazine rings is 1. The van der Waals surface area contributed by atoms with Gasteiger partial charge >= 0.3 is 0 Å². The van der Waals surface area contributed by atoms with Crippen LogP contribution in [0.5, 0.6) is 0 Å². The van der Waals surface area contributed by atoms with Crippen LogP contribution in [0.4, 0.5) is 5.69 Å². The highest BCUT2D eigenvalue weighted by molar-refractivity contribution is 5.85. The number of nitrogen functional groups attached to an aromatic ring is 1. The Labute approximate surface area is 106 Å². The molecule has 2 aromatic rings. The quantitative estimate of drug-likeness (QED) is 0.806. The van der Waals surface area contributed by atoms with Crippen LogP contribution in [0.3, 0.4) is 0 Å². The van der Waals surface area contributed by atoms with Gasteiger partial charge in [0.2, 0.25) is 5.89 Å². The van der Waals surface area contributed by atoms with Crippen molar-refractivity contribution in [2.24, 2.45) is 0 Å². The molecule has 0 unspecified atom stereocenters. The zero-order valence-electron chi connectivity index (χ0n) is 10.6. The van der Waals surface area contributed by atoms with Gasteiger partial charge in [-0.15, -0.1) is 0 Å². The van der Waals surface area contributed by atoms with Crippen molar-refractivity contribution in [2.75, 3.05) is 39.0 Å². The third-order valence-corrected chi connectivity index (χ3v) is 3.45. The molecule has 0 aliphatic carbocycles. The second-order valence-electron chi connectivity index (χ2n) is 4.88. The maximum absolute atomic E-state index is 5.88. The van der Waals surface area contributed by atoms with Gasteiger partial charge in [-0.05, 0) is 19.2 Å². The number of hydrogen-bond donors (Lipinski definition) is 1. The Bertz CT molecular complexity index is 543. The van der Waals surface area contributed by atoms with Gasteiger partial charge in [0, 0.05) is 26.2 Å². The number of oxazole rings is 1. The largest absolute Gasteiger partial charge is 0.439 e. The standard InChI is InChI=1S/C13H18N4O/c1-16-5-7-17(8-6-16)9-12-15-13-10(14)3-2-4-11(13)18-12/h2-4H,5-9,14H2,1H3. The molecule has 0 radical (unpaired) electrons. The van der Waals surface area contributed by atoms with Crippen LogP contribution in [0.15, 0.2) is 22.6 Å². The summed E-state index contributed by atoms with van der Waals surface area (Å²) in [5.41, 5.74) is 8.12. The van der Waals surface area contributed by atoms with Crippen molar-refractivity contribution in [1.82, 2.24) is 14.8 Å². The predicted octanol–water partition coefficient (Wildman–Crippen LogP) is 1.16. The van der Waals surface area contributed by atoms with Crippen molar-refractivity contribution in [2.45, 2.75) is 6.54 Å². The van der Waals surface area contributed by atoms with Crippen LogP contribution >= 0.6 is 0 Å². The van der Waals surface area contributed by atoms with Gasteiger partial charge in [-0.2, -0.15) is 0 Å². The minimum Gasteiger partial charge on any atom is -0.439 e. The first-order valence-electron chi connectivity index (χ1n) is 6.27. The zero-order chi connectivity index (χ0) is 12.5. The first kappa shape index (κ1) is 11.5.